The zero-order valence-corrected chi connectivity index (χ0v) is 21.0. The van der Waals surface area contributed by atoms with Crippen LogP contribution in [-0.4, -0.2) is 25.6 Å². The minimum absolute atomic E-state index is 0.0199. The molecule has 0 saturated heterocycles. The molecule has 0 heterocycles. The lowest BCUT2D eigenvalue weighted by molar-refractivity contribution is -0.0751. The van der Waals surface area contributed by atoms with Crippen LogP contribution in [-0.2, 0) is 21.2 Å². The summed E-state index contributed by atoms with van der Waals surface area (Å²) in [6, 6.07) is 9.62. The molecule has 0 spiro atoms. The van der Waals surface area contributed by atoms with Crippen molar-refractivity contribution in [2.45, 2.75) is 69.3 Å². The molecule has 8 heteroatoms. The topological polar surface area (TPSA) is 107 Å². The first kappa shape index (κ1) is 23.6. The molecule has 0 aliphatic heterocycles. The fourth-order valence-electron chi connectivity index (χ4n) is 7.28. The van der Waals surface area contributed by atoms with Crippen molar-refractivity contribution in [3.05, 3.63) is 58.1 Å². The summed E-state index contributed by atoms with van der Waals surface area (Å²) in [6.07, 6.45) is 5.38. The van der Waals surface area contributed by atoms with Crippen LogP contribution >= 0.6 is 11.6 Å². The Bertz CT molecular complexity index is 1280. The highest BCUT2D eigenvalue weighted by atomic mass is 35.5. The summed E-state index contributed by atoms with van der Waals surface area (Å²) < 4.78 is 29.5. The maximum atomic E-state index is 13.1. The number of benzene rings is 2. The number of primary sulfonamides is 1. The van der Waals surface area contributed by atoms with Gasteiger partial charge in [0.15, 0.2) is 0 Å². The molecule has 0 radical (unpaired) electrons. The number of phenolic OH excluding ortho intramolecular Hbond substituents is 1. The van der Waals surface area contributed by atoms with Gasteiger partial charge in [0.25, 0.3) is 0 Å². The Morgan fingerprint density at radius 3 is 2.59 bits per heavy atom. The monoisotopic (exact) mass is 503 g/mol. The number of hydrogen-bond donors (Lipinski definition) is 2. The van der Waals surface area contributed by atoms with E-state index < -0.39 is 16.0 Å². The molecule has 2 aromatic rings. The number of esters is 1. The van der Waals surface area contributed by atoms with Crippen LogP contribution in [0.15, 0.2) is 41.3 Å². The highest BCUT2D eigenvalue weighted by molar-refractivity contribution is 7.89. The van der Waals surface area contributed by atoms with Crippen molar-refractivity contribution in [1.82, 2.24) is 0 Å². The minimum atomic E-state index is -3.96. The van der Waals surface area contributed by atoms with Gasteiger partial charge in [-0.15, -0.1) is 0 Å². The molecule has 2 saturated carbocycles. The molecule has 0 unspecified atom stereocenters. The van der Waals surface area contributed by atoms with E-state index in [4.69, 9.17) is 21.5 Å². The van der Waals surface area contributed by atoms with E-state index in [9.17, 15) is 18.3 Å². The van der Waals surface area contributed by atoms with Crippen molar-refractivity contribution in [3.8, 4) is 5.75 Å². The molecule has 0 amide bonds. The number of rotatable bonds is 3. The van der Waals surface area contributed by atoms with Gasteiger partial charge in [0, 0.05) is 5.41 Å². The number of carbonyl (C=O) groups is 1. The van der Waals surface area contributed by atoms with E-state index in [-0.39, 0.29) is 32.4 Å². The number of hydrogen-bond acceptors (Lipinski definition) is 5. The Labute approximate surface area is 205 Å². The van der Waals surface area contributed by atoms with Crippen LogP contribution in [0.25, 0.3) is 0 Å². The Hall–Kier alpha value is -2.09. The average molecular weight is 504 g/mol. The maximum Gasteiger partial charge on any atom is 0.339 e. The summed E-state index contributed by atoms with van der Waals surface area (Å²) in [6.45, 7) is 4.62. The van der Waals surface area contributed by atoms with Gasteiger partial charge in [-0.25, -0.2) is 18.4 Å². The lowest BCUT2D eigenvalue weighted by Crippen LogP contribution is -2.50. The van der Waals surface area contributed by atoms with Gasteiger partial charge < -0.3 is 9.84 Å². The van der Waals surface area contributed by atoms with E-state index in [1.807, 2.05) is 6.07 Å². The predicted molar refractivity (Wildman–Crippen MR) is 129 cm³/mol. The zero-order valence-electron chi connectivity index (χ0n) is 19.4. The second kappa shape index (κ2) is 7.97. The van der Waals surface area contributed by atoms with Gasteiger partial charge in [0.1, 0.15) is 11.9 Å². The van der Waals surface area contributed by atoms with Gasteiger partial charge in [-0.2, -0.15) is 0 Å². The lowest BCUT2D eigenvalue weighted by atomic mass is 9.48. The highest BCUT2D eigenvalue weighted by Gasteiger charge is 2.61. The third-order valence-electron chi connectivity index (χ3n) is 8.98. The van der Waals surface area contributed by atoms with E-state index in [1.165, 1.54) is 29.3 Å². The summed E-state index contributed by atoms with van der Waals surface area (Å²) in [5.41, 5.74) is 2.53. The highest BCUT2D eigenvalue weighted by Crippen LogP contribution is 2.67. The van der Waals surface area contributed by atoms with Gasteiger partial charge in [-0.1, -0.05) is 31.5 Å². The molecule has 0 bridgehead atoms. The molecule has 3 aliphatic carbocycles. The molecular formula is C26H30ClNO5S. The van der Waals surface area contributed by atoms with Gasteiger partial charge in [0.2, 0.25) is 10.0 Å². The Kier molecular flexibility index (Phi) is 5.54. The summed E-state index contributed by atoms with van der Waals surface area (Å²) in [7, 11) is -3.96. The van der Waals surface area contributed by atoms with Crippen LogP contribution in [0.4, 0.5) is 0 Å². The molecule has 6 nitrogen and oxygen atoms in total. The average Bonchev–Trinajstić information content (AvgIpc) is 3.10. The lowest BCUT2D eigenvalue weighted by Gasteiger charge is -2.57. The third kappa shape index (κ3) is 3.64. The smallest absolute Gasteiger partial charge is 0.339 e. The fraction of sp³-hybridized carbons (Fsp3) is 0.500. The standard InChI is InChI=1S/C26H30ClNO5S/c1-25-11-9-15-13-16(29)3-5-18(15)20(25)10-12-26(2)22(25)7-8-23(26)33-24(30)19-14-17(34(28,31)32)4-6-21(19)27/h3-6,13-14,20,22-23,29H,7-12H2,1-2H3,(H2,28,31,32)/t20-,22+,23+,25-,26+/m1/s1. The Morgan fingerprint density at radius 1 is 1.09 bits per heavy atom. The van der Waals surface area contributed by atoms with Gasteiger partial charge in [0.05, 0.1) is 15.5 Å². The molecule has 182 valence electrons. The van der Waals surface area contributed by atoms with Crippen LogP contribution in [0.2, 0.25) is 5.02 Å². The Morgan fingerprint density at radius 2 is 1.85 bits per heavy atom. The van der Waals surface area contributed by atoms with E-state index in [1.54, 1.807) is 6.07 Å². The van der Waals surface area contributed by atoms with Crippen molar-refractivity contribution in [2.24, 2.45) is 21.9 Å². The second-order valence-electron chi connectivity index (χ2n) is 10.7. The number of sulfonamides is 1. The number of nitrogens with two attached hydrogens (primary N) is 1. The first-order chi connectivity index (χ1) is 15.9. The zero-order chi connectivity index (χ0) is 24.5. The molecule has 3 N–H and O–H groups in total. The second-order valence-corrected chi connectivity index (χ2v) is 12.7. The van der Waals surface area contributed by atoms with Gasteiger partial charge in [-0.3, -0.25) is 0 Å². The molecule has 5 atom stereocenters. The Balaban J connectivity index is 1.41. The fourth-order valence-corrected chi connectivity index (χ4v) is 8.02. The number of aryl methyl sites for hydroxylation is 1. The van der Waals surface area contributed by atoms with Crippen molar-refractivity contribution in [3.63, 3.8) is 0 Å². The summed E-state index contributed by atoms with van der Waals surface area (Å²) in [5, 5.41) is 15.3. The van der Waals surface area contributed by atoms with Crippen molar-refractivity contribution >= 4 is 27.6 Å². The number of fused-ring (bicyclic) bond motifs is 5. The van der Waals surface area contributed by atoms with E-state index in [0.29, 0.717) is 17.6 Å². The van der Waals surface area contributed by atoms with E-state index in [2.05, 4.69) is 19.9 Å². The summed E-state index contributed by atoms with van der Waals surface area (Å²) in [5.74, 6) is 0.523. The maximum absolute atomic E-state index is 13.1. The molecule has 34 heavy (non-hydrogen) atoms. The SMILES string of the molecule is C[C@]12CC[C@@H]3c4ccc(O)cc4CC[C@@]3(C)[C@@H]1CC[C@@H]2OC(=O)c1cc(S(N)(=O)=O)ccc1Cl. The molecule has 2 aromatic carbocycles. The van der Waals surface area contributed by atoms with E-state index >= 15 is 0 Å². The summed E-state index contributed by atoms with van der Waals surface area (Å²) in [4.78, 5) is 12.9. The van der Waals surface area contributed by atoms with Crippen molar-refractivity contribution in [2.75, 3.05) is 0 Å². The van der Waals surface area contributed by atoms with Crippen molar-refractivity contribution < 1.29 is 23.1 Å². The number of carbonyl (C=O) groups excluding carboxylic acids is 1. The van der Waals surface area contributed by atoms with E-state index in [0.717, 1.165) is 38.5 Å². The number of ether oxygens (including phenoxy) is 1. The molecule has 2 fully saturated rings. The van der Waals surface area contributed by atoms with Crippen LogP contribution in [0.1, 0.15) is 73.4 Å². The number of aromatic hydroxyl groups is 1. The quantitative estimate of drug-likeness (QED) is 0.562. The normalized spacial score (nSPS) is 32.4. The van der Waals surface area contributed by atoms with Crippen molar-refractivity contribution in [1.29, 1.82) is 0 Å². The first-order valence-electron chi connectivity index (χ1n) is 11.8. The van der Waals surface area contributed by atoms with Crippen LogP contribution in [0.5, 0.6) is 5.75 Å². The molecular weight excluding hydrogens is 474 g/mol. The summed E-state index contributed by atoms with van der Waals surface area (Å²) >= 11 is 6.22. The van der Waals surface area contributed by atoms with Gasteiger partial charge >= 0.3 is 5.97 Å². The molecule has 5 rings (SSSR count). The third-order valence-corrected chi connectivity index (χ3v) is 10.2. The number of phenols is 1. The largest absolute Gasteiger partial charge is 0.508 e. The molecule has 3 aliphatic rings. The van der Waals surface area contributed by atoms with Gasteiger partial charge in [-0.05, 0) is 97.2 Å². The predicted octanol–water partition coefficient (Wildman–Crippen LogP) is 5.16. The van der Waals surface area contributed by atoms with Crippen LogP contribution in [0, 0.1) is 16.7 Å². The molecule has 0 aromatic heterocycles. The number of halogens is 1. The first-order valence-corrected chi connectivity index (χ1v) is 13.7. The minimum Gasteiger partial charge on any atom is -0.508 e. The van der Waals surface area contributed by atoms with Crippen LogP contribution in [0.3, 0.4) is 0 Å². The van der Waals surface area contributed by atoms with Crippen LogP contribution < -0.4 is 5.14 Å².